The number of carboxylic acid groups (broad SMARTS) is 1. The van der Waals surface area contributed by atoms with Gasteiger partial charge in [0.15, 0.2) is 6.10 Å². The maximum Gasteiger partial charge on any atom is 0.419 e. The smallest absolute Gasteiger partial charge is 0.419 e. The number of aromatic nitrogens is 3. The summed E-state index contributed by atoms with van der Waals surface area (Å²) in [4.78, 5) is 80.3. The van der Waals surface area contributed by atoms with Crippen molar-refractivity contribution in [2.75, 3.05) is 20.6 Å². The Morgan fingerprint density at radius 3 is 2.28 bits per heavy atom. The highest BCUT2D eigenvalue weighted by Crippen LogP contribution is 2.36. The van der Waals surface area contributed by atoms with Crippen LogP contribution in [0.3, 0.4) is 0 Å². The molecule has 3 amide bonds. The number of hydrogen-bond donors (Lipinski definition) is 3. The lowest BCUT2D eigenvalue weighted by molar-refractivity contribution is -0.149. The van der Waals surface area contributed by atoms with E-state index < -0.39 is 59.7 Å². The molecule has 3 N–H and O–H groups in total. The van der Waals surface area contributed by atoms with Crippen LogP contribution in [0.2, 0.25) is 0 Å². The summed E-state index contributed by atoms with van der Waals surface area (Å²) in [6.07, 6.45) is -0.0690. The number of nitrogens with zero attached hydrogens (tertiary/aromatic N) is 5. The fourth-order valence-corrected chi connectivity index (χ4v) is 7.53. The number of hydrogen-bond acceptors (Lipinski definition) is 11. The van der Waals surface area contributed by atoms with E-state index in [-0.39, 0.29) is 65.5 Å². The third-order valence-corrected chi connectivity index (χ3v) is 10.9. The van der Waals surface area contributed by atoms with E-state index >= 15 is 0 Å². The number of carboxylic acids is 1. The fraction of sp³-hybridized carbons (Fsp3) is 0.667. The van der Waals surface area contributed by atoms with E-state index in [1.807, 2.05) is 25.8 Å². The van der Waals surface area contributed by atoms with Gasteiger partial charge in [-0.1, -0.05) is 27.2 Å². The quantitative estimate of drug-likeness (QED) is 0.195. The summed E-state index contributed by atoms with van der Waals surface area (Å²) < 4.78 is 44.8. The van der Waals surface area contributed by atoms with Crippen LogP contribution in [0, 0.1) is 17.8 Å². The van der Waals surface area contributed by atoms with Crippen molar-refractivity contribution >= 4 is 41.0 Å². The van der Waals surface area contributed by atoms with E-state index in [2.05, 4.69) is 25.6 Å². The van der Waals surface area contributed by atoms with E-state index in [4.69, 9.17) is 4.74 Å². The molecule has 1 saturated heterocycles. The van der Waals surface area contributed by atoms with E-state index in [1.54, 1.807) is 11.9 Å². The van der Waals surface area contributed by atoms with Crippen molar-refractivity contribution in [2.24, 2.45) is 17.8 Å². The zero-order valence-electron chi connectivity index (χ0n) is 31.4. The molecule has 6 atom stereocenters. The van der Waals surface area contributed by atoms with Gasteiger partial charge >= 0.3 is 18.1 Å². The number of carbonyl (C=O) groups is 5. The molecular formula is C36H50F3N7O7S. The SMILES string of the molecule is CC(=O)O[C@H](C[C@H](C(C)C)N(C)C(=O)[C@@H](NC(=O)[C@H]1CCCCN1C)C1CC1)c1nc(C(=O)N[C@@H](Cc2ncc(C(F)(F)F)cn2)C[C@H](C)C(=O)O)cs1. The molecule has 1 aliphatic carbocycles. The number of rotatable bonds is 17. The molecule has 0 spiro atoms. The Hall–Kier alpha value is -4.19. The normalized spacial score (nSPS) is 19.3. The average Bonchev–Trinajstić information content (AvgIpc) is 3.82. The zero-order valence-corrected chi connectivity index (χ0v) is 32.2. The van der Waals surface area contributed by atoms with Crippen LogP contribution >= 0.6 is 11.3 Å². The lowest BCUT2D eigenvalue weighted by Crippen LogP contribution is -2.56. The van der Waals surface area contributed by atoms with Crippen molar-refractivity contribution in [1.29, 1.82) is 0 Å². The minimum atomic E-state index is -4.64. The number of carbonyl (C=O) groups excluding carboxylic acids is 4. The van der Waals surface area contributed by atoms with Gasteiger partial charge in [0, 0.05) is 56.7 Å². The zero-order chi connectivity index (χ0) is 39.9. The van der Waals surface area contributed by atoms with Crippen molar-refractivity contribution < 1.29 is 47.0 Å². The van der Waals surface area contributed by atoms with Gasteiger partial charge in [-0.2, -0.15) is 13.2 Å². The predicted octanol–water partition coefficient (Wildman–Crippen LogP) is 4.26. The first-order chi connectivity index (χ1) is 25.3. The van der Waals surface area contributed by atoms with E-state index in [1.165, 1.54) is 19.2 Å². The molecule has 2 aromatic rings. The molecule has 4 rings (SSSR count). The second-order valence-corrected chi connectivity index (χ2v) is 15.6. The first-order valence-electron chi connectivity index (χ1n) is 18.2. The largest absolute Gasteiger partial charge is 0.481 e. The number of likely N-dealkylation sites (N-methyl/N-ethyl adjacent to an activating group) is 2. The third kappa shape index (κ3) is 11.7. The fourth-order valence-electron chi connectivity index (χ4n) is 6.69. The lowest BCUT2D eigenvalue weighted by atomic mass is 9.95. The number of amides is 3. The van der Waals surface area contributed by atoms with Crippen LogP contribution in [0.25, 0.3) is 0 Å². The summed E-state index contributed by atoms with van der Waals surface area (Å²) in [5.41, 5.74) is -1.10. The Labute approximate surface area is 316 Å². The summed E-state index contributed by atoms with van der Waals surface area (Å²) in [5, 5.41) is 17.0. The molecule has 0 bridgehead atoms. The van der Waals surface area contributed by atoms with Crippen LogP contribution in [0.5, 0.6) is 0 Å². The Morgan fingerprint density at radius 2 is 1.72 bits per heavy atom. The summed E-state index contributed by atoms with van der Waals surface area (Å²) in [6, 6.07) is -2.31. The van der Waals surface area contributed by atoms with E-state index in [9.17, 15) is 42.3 Å². The summed E-state index contributed by atoms with van der Waals surface area (Å²) in [7, 11) is 3.59. The molecule has 298 valence electrons. The lowest BCUT2D eigenvalue weighted by Gasteiger charge is -2.37. The molecule has 1 aliphatic heterocycles. The minimum absolute atomic E-state index is 0.0250. The van der Waals surface area contributed by atoms with Gasteiger partial charge in [-0.3, -0.25) is 28.9 Å². The molecule has 0 aromatic carbocycles. The second kappa shape index (κ2) is 18.4. The standard InChI is InChI=1S/C36H50F3N7O7S/c1-19(2)27(46(6)34(50)30(22-10-11-22)44-32(49)26-9-7-8-12-45(26)5)15-28(53-21(4)47)33-43-25(18-54-33)31(48)42-24(13-20(3)35(51)52)14-29-40-16-23(17-41-29)36(37,38)39/h16-20,22,24,26-28,30H,7-15H2,1-6H3,(H,42,48)(H,44,49)(H,51,52)/t20-,24+,26+,27+,28+,30-/m0/s1. The number of alkyl halides is 3. The topological polar surface area (TPSA) is 184 Å². The Morgan fingerprint density at radius 1 is 1.06 bits per heavy atom. The Bertz CT molecular complexity index is 1640. The highest BCUT2D eigenvalue weighted by molar-refractivity contribution is 7.09. The van der Waals surface area contributed by atoms with Crippen molar-refractivity contribution in [1.82, 2.24) is 35.4 Å². The number of likely N-dealkylation sites (tertiary alicyclic amines) is 1. The molecule has 1 saturated carbocycles. The first-order valence-corrected chi connectivity index (χ1v) is 19.0. The Balaban J connectivity index is 1.49. The van der Waals surface area contributed by atoms with Crippen LogP contribution < -0.4 is 10.6 Å². The third-order valence-electron chi connectivity index (χ3n) is 10.00. The number of esters is 1. The summed E-state index contributed by atoms with van der Waals surface area (Å²) in [6.45, 7) is 7.35. The predicted molar refractivity (Wildman–Crippen MR) is 191 cm³/mol. The molecule has 0 radical (unpaired) electrons. The maximum atomic E-state index is 14.0. The molecule has 2 fully saturated rings. The highest BCUT2D eigenvalue weighted by Gasteiger charge is 2.42. The molecule has 2 aliphatic rings. The van der Waals surface area contributed by atoms with E-state index in [0.717, 1.165) is 50.0 Å². The van der Waals surface area contributed by atoms with Gasteiger partial charge in [0.2, 0.25) is 11.8 Å². The van der Waals surface area contributed by atoms with Crippen LogP contribution in [0.15, 0.2) is 17.8 Å². The number of aliphatic carboxylic acids is 1. The molecule has 0 unspecified atom stereocenters. The first kappa shape index (κ1) is 42.6. The number of piperidine rings is 1. The molecule has 54 heavy (non-hydrogen) atoms. The Kier molecular flexibility index (Phi) is 14.5. The number of nitrogens with one attached hydrogen (secondary N) is 2. The molecule has 18 heteroatoms. The number of ether oxygens (including phenoxy) is 1. The maximum absolute atomic E-state index is 14.0. The van der Waals surface area contributed by atoms with Crippen molar-refractivity contribution in [2.45, 2.75) is 116 Å². The number of halogens is 3. The van der Waals surface area contributed by atoms with E-state index in [0.29, 0.717) is 12.4 Å². The van der Waals surface area contributed by atoms with Crippen LogP contribution in [0.4, 0.5) is 13.2 Å². The molecule has 3 heterocycles. The van der Waals surface area contributed by atoms with Crippen molar-refractivity contribution in [3.8, 4) is 0 Å². The van der Waals surface area contributed by atoms with Gasteiger partial charge in [0.05, 0.1) is 17.5 Å². The van der Waals surface area contributed by atoms with Crippen LogP contribution in [-0.2, 0) is 36.5 Å². The highest BCUT2D eigenvalue weighted by atomic mass is 32.1. The van der Waals surface area contributed by atoms with Gasteiger partial charge in [-0.05, 0) is 57.5 Å². The molecule has 14 nitrogen and oxygen atoms in total. The van der Waals surface area contributed by atoms with Gasteiger partial charge < -0.3 is 25.4 Å². The van der Waals surface area contributed by atoms with Gasteiger partial charge in [-0.15, -0.1) is 11.3 Å². The molecule has 2 aromatic heterocycles. The van der Waals surface area contributed by atoms with Gasteiger partial charge in [-0.25, -0.2) is 15.0 Å². The second-order valence-electron chi connectivity index (χ2n) is 14.7. The average molecular weight is 782 g/mol. The van der Waals surface area contributed by atoms with Gasteiger partial charge in [0.1, 0.15) is 22.6 Å². The summed E-state index contributed by atoms with van der Waals surface area (Å²) >= 11 is 1.06. The van der Waals surface area contributed by atoms with Crippen molar-refractivity contribution in [3.63, 3.8) is 0 Å². The monoisotopic (exact) mass is 781 g/mol. The summed E-state index contributed by atoms with van der Waals surface area (Å²) in [5.74, 6) is -3.83. The van der Waals surface area contributed by atoms with Gasteiger partial charge in [0.25, 0.3) is 5.91 Å². The van der Waals surface area contributed by atoms with Crippen LogP contribution in [0.1, 0.15) is 106 Å². The molecular weight excluding hydrogens is 731 g/mol. The minimum Gasteiger partial charge on any atom is -0.481 e. The van der Waals surface area contributed by atoms with Crippen LogP contribution in [-0.4, -0.2) is 104 Å². The van der Waals surface area contributed by atoms with Crippen molar-refractivity contribution in [3.05, 3.63) is 39.9 Å². The number of thiazole rings is 1.